The summed E-state index contributed by atoms with van der Waals surface area (Å²) in [5.74, 6) is -0.270. The monoisotopic (exact) mass is 366 g/mol. The van der Waals surface area contributed by atoms with Gasteiger partial charge in [-0.05, 0) is 50.8 Å². The fourth-order valence-electron chi connectivity index (χ4n) is 2.91. The highest BCUT2D eigenvalue weighted by atomic mass is 16.4. The minimum absolute atomic E-state index is 0.0849. The average molecular weight is 366 g/mol. The molecule has 0 saturated heterocycles. The van der Waals surface area contributed by atoms with Crippen molar-refractivity contribution >= 4 is 5.97 Å². The molecule has 0 atom stereocenters. The highest BCUT2D eigenvalue weighted by Gasteiger charge is 2.17. The number of H-pyrrole nitrogens is 1. The van der Waals surface area contributed by atoms with Crippen molar-refractivity contribution < 1.29 is 15.0 Å². The lowest BCUT2D eigenvalue weighted by atomic mass is 10.0. The van der Waals surface area contributed by atoms with Gasteiger partial charge in [0.25, 0.3) is 0 Å². The molecule has 0 saturated carbocycles. The molecule has 3 N–H and O–H groups in total. The molecule has 0 amide bonds. The highest BCUT2D eigenvalue weighted by molar-refractivity contribution is 5.90. The predicted molar refractivity (Wildman–Crippen MR) is 103 cm³/mol. The van der Waals surface area contributed by atoms with E-state index in [1.165, 1.54) is 6.20 Å². The molecule has 0 fully saturated rings. The number of carboxylic acids is 1. The van der Waals surface area contributed by atoms with E-state index in [0.717, 1.165) is 29.2 Å². The number of aromatic carboxylic acids is 1. The van der Waals surface area contributed by atoms with Crippen LogP contribution >= 0.6 is 0 Å². The Morgan fingerprint density at radius 2 is 1.96 bits per heavy atom. The van der Waals surface area contributed by atoms with Crippen LogP contribution in [0.15, 0.2) is 36.5 Å². The Bertz CT molecular complexity index is 979. The molecule has 3 aromatic rings. The molecule has 0 aliphatic heterocycles. The summed E-state index contributed by atoms with van der Waals surface area (Å²) in [5, 5.41) is 19.1. The van der Waals surface area contributed by atoms with Gasteiger partial charge in [-0.15, -0.1) is 0 Å². The molecule has 0 radical (unpaired) electrons. The van der Waals surface area contributed by atoms with Crippen molar-refractivity contribution in [2.24, 2.45) is 0 Å². The van der Waals surface area contributed by atoms with Crippen LogP contribution in [-0.2, 0) is 6.42 Å². The average Bonchev–Trinajstić information content (AvgIpc) is 3.04. The number of benzene rings is 1. The van der Waals surface area contributed by atoms with Crippen molar-refractivity contribution in [3.05, 3.63) is 53.5 Å². The largest absolute Gasteiger partial charge is 0.493 e. The van der Waals surface area contributed by atoms with E-state index < -0.39 is 5.97 Å². The summed E-state index contributed by atoms with van der Waals surface area (Å²) < 4.78 is 0. The predicted octanol–water partition coefficient (Wildman–Crippen LogP) is 2.96. The van der Waals surface area contributed by atoms with Gasteiger partial charge in [-0.25, -0.2) is 14.8 Å². The SMILES string of the molecule is Cc1cc(C(=O)O)cc(-c2nc(CCN(C)C)[nH]c2-c2ccnc(O)c2)c1. The summed E-state index contributed by atoms with van der Waals surface area (Å²) in [5.41, 5.74) is 3.88. The first-order chi connectivity index (χ1) is 12.8. The third-order valence-corrected chi connectivity index (χ3v) is 4.18. The molecule has 2 heterocycles. The van der Waals surface area contributed by atoms with E-state index in [1.54, 1.807) is 24.3 Å². The Morgan fingerprint density at radius 3 is 2.63 bits per heavy atom. The summed E-state index contributed by atoms with van der Waals surface area (Å²) in [6, 6.07) is 8.49. The molecule has 7 heteroatoms. The number of carboxylic acid groups (broad SMARTS) is 1. The van der Waals surface area contributed by atoms with Crippen molar-refractivity contribution in [2.75, 3.05) is 20.6 Å². The number of carbonyl (C=O) groups is 1. The van der Waals surface area contributed by atoms with E-state index in [-0.39, 0.29) is 11.4 Å². The van der Waals surface area contributed by atoms with Gasteiger partial charge in [-0.2, -0.15) is 0 Å². The first-order valence-corrected chi connectivity index (χ1v) is 8.58. The number of hydrogen-bond acceptors (Lipinski definition) is 5. The second kappa shape index (κ2) is 7.59. The van der Waals surface area contributed by atoms with Crippen molar-refractivity contribution in [3.8, 4) is 28.4 Å². The smallest absolute Gasteiger partial charge is 0.335 e. The van der Waals surface area contributed by atoms with Crippen molar-refractivity contribution in [2.45, 2.75) is 13.3 Å². The molecule has 0 unspecified atom stereocenters. The summed E-state index contributed by atoms with van der Waals surface area (Å²) >= 11 is 0. The Hall–Kier alpha value is -3.19. The van der Waals surface area contributed by atoms with Crippen LogP contribution in [0.4, 0.5) is 0 Å². The van der Waals surface area contributed by atoms with Crippen LogP contribution in [0, 0.1) is 6.92 Å². The van der Waals surface area contributed by atoms with Crippen LogP contribution in [0.1, 0.15) is 21.7 Å². The van der Waals surface area contributed by atoms with E-state index in [4.69, 9.17) is 4.98 Å². The second-order valence-corrected chi connectivity index (χ2v) is 6.76. The van der Waals surface area contributed by atoms with Crippen molar-refractivity contribution in [1.29, 1.82) is 0 Å². The van der Waals surface area contributed by atoms with Crippen LogP contribution in [0.25, 0.3) is 22.5 Å². The summed E-state index contributed by atoms with van der Waals surface area (Å²) in [6.45, 7) is 2.68. The zero-order valence-corrected chi connectivity index (χ0v) is 15.5. The van der Waals surface area contributed by atoms with E-state index in [9.17, 15) is 15.0 Å². The molecule has 140 valence electrons. The number of aromatic amines is 1. The number of aromatic hydroxyl groups is 1. The van der Waals surface area contributed by atoms with Gasteiger partial charge in [0.15, 0.2) is 0 Å². The molecule has 2 aromatic heterocycles. The van der Waals surface area contributed by atoms with E-state index in [0.29, 0.717) is 17.7 Å². The number of nitrogens with zero attached hydrogens (tertiary/aromatic N) is 3. The van der Waals surface area contributed by atoms with E-state index >= 15 is 0 Å². The molecule has 27 heavy (non-hydrogen) atoms. The Morgan fingerprint density at radius 1 is 1.19 bits per heavy atom. The molecule has 0 bridgehead atoms. The minimum Gasteiger partial charge on any atom is -0.493 e. The number of rotatable bonds is 6. The minimum atomic E-state index is -0.980. The van der Waals surface area contributed by atoms with Gasteiger partial charge in [0.1, 0.15) is 5.82 Å². The lowest BCUT2D eigenvalue weighted by Gasteiger charge is -2.06. The topological polar surface area (TPSA) is 102 Å². The summed E-state index contributed by atoms with van der Waals surface area (Å²) in [4.78, 5) is 25.4. The Kier molecular flexibility index (Phi) is 5.23. The van der Waals surface area contributed by atoms with E-state index in [1.807, 2.05) is 27.1 Å². The first kappa shape index (κ1) is 18.6. The molecular formula is C20H22N4O3. The van der Waals surface area contributed by atoms with Gasteiger partial charge in [0.05, 0.1) is 17.0 Å². The molecule has 1 aromatic carbocycles. The number of pyridine rings is 1. The zero-order chi connectivity index (χ0) is 19.6. The van der Waals surface area contributed by atoms with Gasteiger partial charge in [0, 0.05) is 36.4 Å². The number of aromatic nitrogens is 3. The third-order valence-electron chi connectivity index (χ3n) is 4.18. The van der Waals surface area contributed by atoms with Gasteiger partial charge < -0.3 is 20.1 Å². The second-order valence-electron chi connectivity index (χ2n) is 6.76. The maximum Gasteiger partial charge on any atom is 0.335 e. The van der Waals surface area contributed by atoms with Crippen molar-refractivity contribution in [3.63, 3.8) is 0 Å². The van der Waals surface area contributed by atoms with Gasteiger partial charge in [0.2, 0.25) is 5.88 Å². The molecule has 3 rings (SSSR count). The quantitative estimate of drug-likeness (QED) is 0.620. The molecule has 0 aliphatic carbocycles. The highest BCUT2D eigenvalue weighted by Crippen LogP contribution is 2.32. The maximum atomic E-state index is 11.4. The fourth-order valence-corrected chi connectivity index (χ4v) is 2.91. The number of aryl methyl sites for hydroxylation is 1. The van der Waals surface area contributed by atoms with Gasteiger partial charge >= 0.3 is 5.97 Å². The standard InChI is InChI=1S/C20H22N4O3/c1-12-8-14(10-15(9-12)20(26)27)19-18(13-4-6-21-17(25)11-13)22-16(23-19)5-7-24(2)3/h4,6,8-11H,5,7H2,1-3H3,(H,21,25)(H,22,23)(H,26,27). The zero-order valence-electron chi connectivity index (χ0n) is 15.5. The molecular weight excluding hydrogens is 344 g/mol. The summed E-state index contributed by atoms with van der Waals surface area (Å²) in [7, 11) is 3.98. The Labute approximate surface area is 157 Å². The molecule has 0 aliphatic rings. The normalized spacial score (nSPS) is 11.1. The van der Waals surface area contributed by atoms with Gasteiger partial charge in [-0.1, -0.05) is 0 Å². The number of imidazole rings is 1. The van der Waals surface area contributed by atoms with Crippen molar-refractivity contribution in [1.82, 2.24) is 19.9 Å². The lowest BCUT2D eigenvalue weighted by Crippen LogP contribution is -2.15. The number of likely N-dealkylation sites (N-methyl/N-ethyl adjacent to an activating group) is 1. The number of nitrogens with one attached hydrogen (secondary N) is 1. The van der Waals surface area contributed by atoms with Crippen LogP contribution < -0.4 is 0 Å². The first-order valence-electron chi connectivity index (χ1n) is 8.58. The molecule has 7 nitrogen and oxygen atoms in total. The van der Waals surface area contributed by atoms with Gasteiger partial charge in [-0.3, -0.25) is 0 Å². The number of hydrogen-bond donors (Lipinski definition) is 3. The molecule has 0 spiro atoms. The lowest BCUT2D eigenvalue weighted by molar-refractivity contribution is 0.0697. The Balaban J connectivity index is 2.14. The third kappa shape index (κ3) is 4.32. The van der Waals surface area contributed by atoms with Crippen LogP contribution in [0.2, 0.25) is 0 Å². The fraction of sp³-hybridized carbons (Fsp3) is 0.250. The summed E-state index contributed by atoms with van der Waals surface area (Å²) in [6.07, 6.45) is 2.24. The van der Waals surface area contributed by atoms with Crippen LogP contribution in [0.3, 0.4) is 0 Å². The van der Waals surface area contributed by atoms with E-state index in [2.05, 4.69) is 14.9 Å². The van der Waals surface area contributed by atoms with Crippen LogP contribution in [-0.4, -0.2) is 56.7 Å². The maximum absolute atomic E-state index is 11.4. The van der Waals surface area contributed by atoms with Crippen LogP contribution in [0.5, 0.6) is 5.88 Å².